The number of nitrogens with one attached hydrogen (secondary N) is 1. The Labute approximate surface area is 202 Å². The molecule has 8 heteroatoms. The maximum absolute atomic E-state index is 10.7. The summed E-state index contributed by atoms with van der Waals surface area (Å²) >= 11 is 0. The summed E-state index contributed by atoms with van der Waals surface area (Å²) in [5.41, 5.74) is -5.65. The van der Waals surface area contributed by atoms with Crippen molar-refractivity contribution in [3.8, 4) is 0 Å². The second-order valence-electron chi connectivity index (χ2n) is 9.51. The molecule has 0 aliphatic carbocycles. The topological polar surface area (TPSA) is 61.6 Å². The van der Waals surface area contributed by atoms with E-state index in [2.05, 4.69) is 41.5 Å². The zero-order chi connectivity index (χ0) is 25.9. The highest BCUT2D eigenvalue weighted by molar-refractivity contribution is 7.86. The fraction of sp³-hybridized carbons (Fsp3) is 1.00. The molecule has 0 aromatic rings. The molecule has 0 amide bonds. The highest BCUT2D eigenvalue weighted by Gasteiger charge is 2.36. The lowest BCUT2D eigenvalue weighted by molar-refractivity contribution is -0.910. The molecule has 0 aliphatic rings. The summed E-state index contributed by atoms with van der Waals surface area (Å²) in [6.45, 7) is 18.6. The van der Waals surface area contributed by atoms with Crippen LogP contribution in [0.1, 0.15) is 119 Å². The molecule has 0 radical (unpaired) electrons. The van der Waals surface area contributed by atoms with E-state index in [9.17, 15) is 13.2 Å². The summed E-state index contributed by atoms with van der Waals surface area (Å²) in [5.74, 6) is 2.84. The summed E-state index contributed by atoms with van der Waals surface area (Å²) < 4.78 is 58.9. The Bertz CT molecular complexity index is 499. The SMILES string of the molecule is CCCCC(CC)C[NH+](CC(CC)CCCC)CC(CC)CCCC.O=S(=O)([O-])C(F)(F)F. The van der Waals surface area contributed by atoms with Crippen molar-refractivity contribution < 1.29 is 31.0 Å². The molecule has 0 rings (SSSR count). The standard InChI is InChI=1S/C24H51N.CHF3O3S/c1-7-13-16-22(10-4)19-25(20-23(11-5)17-14-8-2)21-24(12-6)18-15-9-3;2-1(3,4)8(5,6)7/h22-24H,7-21H2,1-6H3;(H,5,6,7). The van der Waals surface area contributed by atoms with E-state index in [0.29, 0.717) is 0 Å². The lowest BCUT2D eigenvalue weighted by atomic mass is 9.93. The average Bonchev–Trinajstić information content (AvgIpc) is 2.75. The van der Waals surface area contributed by atoms with Crippen LogP contribution in [0.3, 0.4) is 0 Å². The Balaban J connectivity index is 0. The first-order valence-electron chi connectivity index (χ1n) is 13.2. The van der Waals surface area contributed by atoms with Gasteiger partial charge in [-0.05, 0) is 38.5 Å². The molecule has 0 saturated carbocycles. The number of alkyl halides is 3. The minimum Gasteiger partial charge on any atom is -0.741 e. The van der Waals surface area contributed by atoms with Crippen molar-refractivity contribution in [2.45, 2.75) is 124 Å². The predicted molar refractivity (Wildman–Crippen MR) is 131 cm³/mol. The summed E-state index contributed by atoms with van der Waals surface area (Å²) in [6.07, 6.45) is 16.8. The number of quaternary nitrogens is 1. The van der Waals surface area contributed by atoms with Crippen LogP contribution in [-0.2, 0) is 10.1 Å². The lowest BCUT2D eigenvalue weighted by Gasteiger charge is -2.30. The van der Waals surface area contributed by atoms with E-state index in [0.717, 1.165) is 17.8 Å². The monoisotopic (exact) mass is 503 g/mol. The number of rotatable bonds is 18. The molecule has 0 aliphatic heterocycles. The molecular formula is C25H52F3NO3S. The van der Waals surface area contributed by atoms with Crippen LogP contribution < -0.4 is 4.90 Å². The van der Waals surface area contributed by atoms with Crippen LogP contribution in [0, 0.1) is 17.8 Å². The molecule has 1 N–H and O–H groups in total. The van der Waals surface area contributed by atoms with E-state index in [1.54, 1.807) is 0 Å². The third kappa shape index (κ3) is 18.6. The van der Waals surface area contributed by atoms with E-state index in [-0.39, 0.29) is 0 Å². The van der Waals surface area contributed by atoms with E-state index >= 15 is 0 Å². The van der Waals surface area contributed by atoms with Crippen LogP contribution >= 0.6 is 0 Å². The quantitative estimate of drug-likeness (QED) is 0.170. The van der Waals surface area contributed by atoms with Gasteiger partial charge in [-0.1, -0.05) is 80.1 Å². The van der Waals surface area contributed by atoms with Crippen molar-refractivity contribution >= 4 is 10.1 Å². The third-order valence-corrected chi connectivity index (χ3v) is 7.21. The van der Waals surface area contributed by atoms with Crippen LogP contribution in [0.2, 0.25) is 0 Å². The molecule has 4 nitrogen and oxygen atoms in total. The van der Waals surface area contributed by atoms with Crippen molar-refractivity contribution in [2.24, 2.45) is 17.8 Å². The van der Waals surface area contributed by atoms with Crippen LogP contribution in [0.15, 0.2) is 0 Å². The minimum absolute atomic E-state index is 0.947. The maximum atomic E-state index is 10.7. The van der Waals surface area contributed by atoms with Gasteiger partial charge in [0, 0.05) is 17.8 Å². The maximum Gasteiger partial charge on any atom is 0.485 e. The van der Waals surface area contributed by atoms with E-state index in [1.165, 1.54) is 96.7 Å². The molecule has 0 saturated heterocycles. The van der Waals surface area contributed by atoms with Gasteiger partial charge >= 0.3 is 5.51 Å². The number of halogens is 3. The Kier molecular flexibility index (Phi) is 21.0. The Hall–Kier alpha value is -0.340. The second kappa shape index (κ2) is 19.9. The van der Waals surface area contributed by atoms with Crippen molar-refractivity contribution in [1.82, 2.24) is 0 Å². The highest BCUT2D eigenvalue weighted by atomic mass is 32.2. The fourth-order valence-electron chi connectivity index (χ4n) is 4.30. The van der Waals surface area contributed by atoms with Gasteiger partial charge in [0.2, 0.25) is 0 Å². The van der Waals surface area contributed by atoms with Crippen LogP contribution in [-0.4, -0.2) is 38.1 Å². The van der Waals surface area contributed by atoms with Crippen molar-refractivity contribution in [2.75, 3.05) is 19.6 Å². The first-order valence-corrected chi connectivity index (χ1v) is 14.7. The van der Waals surface area contributed by atoms with Gasteiger partial charge < -0.3 is 9.45 Å². The molecule has 3 unspecified atom stereocenters. The van der Waals surface area contributed by atoms with Crippen molar-refractivity contribution in [3.05, 3.63) is 0 Å². The van der Waals surface area contributed by atoms with Gasteiger partial charge in [-0.15, -0.1) is 0 Å². The number of hydrogen-bond acceptors (Lipinski definition) is 3. The summed E-state index contributed by atoms with van der Waals surface area (Å²) in [5, 5.41) is 0. The van der Waals surface area contributed by atoms with Gasteiger partial charge in [0.05, 0.1) is 19.6 Å². The van der Waals surface area contributed by atoms with E-state index in [1.807, 2.05) is 4.90 Å². The molecule has 33 heavy (non-hydrogen) atoms. The Morgan fingerprint density at radius 3 is 1.06 bits per heavy atom. The molecule has 0 heterocycles. The van der Waals surface area contributed by atoms with E-state index < -0.39 is 15.6 Å². The molecular weight excluding hydrogens is 451 g/mol. The fourth-order valence-corrected chi connectivity index (χ4v) is 4.30. The van der Waals surface area contributed by atoms with Gasteiger partial charge in [-0.25, -0.2) is 8.42 Å². The smallest absolute Gasteiger partial charge is 0.485 e. The largest absolute Gasteiger partial charge is 0.741 e. The summed E-state index contributed by atoms with van der Waals surface area (Å²) in [7, 11) is -6.09. The van der Waals surface area contributed by atoms with Crippen molar-refractivity contribution in [3.63, 3.8) is 0 Å². The van der Waals surface area contributed by atoms with E-state index in [4.69, 9.17) is 13.0 Å². The molecule has 202 valence electrons. The summed E-state index contributed by atoms with van der Waals surface area (Å²) in [6, 6.07) is 0. The molecule has 3 atom stereocenters. The first kappa shape index (κ1) is 34.8. The molecule has 0 fully saturated rings. The van der Waals surface area contributed by atoms with Crippen LogP contribution in [0.4, 0.5) is 13.2 Å². The van der Waals surface area contributed by atoms with Crippen LogP contribution in [0.25, 0.3) is 0 Å². The predicted octanol–water partition coefficient (Wildman–Crippen LogP) is 6.57. The molecule has 0 spiro atoms. The summed E-state index contributed by atoms with van der Waals surface area (Å²) in [4.78, 5) is 1.94. The average molecular weight is 504 g/mol. The lowest BCUT2D eigenvalue weighted by Crippen LogP contribution is -3.14. The van der Waals surface area contributed by atoms with Gasteiger partial charge in [0.25, 0.3) is 0 Å². The Morgan fingerprint density at radius 2 is 0.909 bits per heavy atom. The zero-order valence-corrected chi connectivity index (χ0v) is 22.9. The molecule has 0 bridgehead atoms. The van der Waals surface area contributed by atoms with Gasteiger partial charge in [-0.3, -0.25) is 0 Å². The first-order chi connectivity index (χ1) is 15.4. The third-order valence-electron chi connectivity index (χ3n) is 6.65. The van der Waals surface area contributed by atoms with Gasteiger partial charge in [0.15, 0.2) is 10.1 Å². The van der Waals surface area contributed by atoms with Gasteiger partial charge in [-0.2, -0.15) is 13.2 Å². The van der Waals surface area contributed by atoms with Crippen LogP contribution in [0.5, 0.6) is 0 Å². The second-order valence-corrected chi connectivity index (χ2v) is 10.9. The molecule has 0 aromatic carbocycles. The molecule has 0 aromatic heterocycles. The van der Waals surface area contributed by atoms with Gasteiger partial charge in [0.1, 0.15) is 0 Å². The minimum atomic E-state index is -6.09. The zero-order valence-electron chi connectivity index (χ0n) is 22.1. The Morgan fingerprint density at radius 1 is 0.667 bits per heavy atom. The van der Waals surface area contributed by atoms with Crippen molar-refractivity contribution in [1.29, 1.82) is 0 Å². The highest BCUT2D eigenvalue weighted by Crippen LogP contribution is 2.20. The normalized spacial score (nSPS) is 15.9. The number of unbranched alkanes of at least 4 members (excludes halogenated alkanes) is 3. The number of hydrogen-bond donors (Lipinski definition) is 1.